The number of hydrogen-bond donors (Lipinski definition) is 1. The van der Waals surface area contributed by atoms with Crippen LogP contribution in [0.4, 0.5) is 0 Å². The Bertz CT molecular complexity index is 238. The van der Waals surface area contributed by atoms with Crippen molar-refractivity contribution in [1.29, 1.82) is 0 Å². The summed E-state index contributed by atoms with van der Waals surface area (Å²) in [6.45, 7) is 0.898. The first-order valence-electron chi connectivity index (χ1n) is 6.58. The van der Waals surface area contributed by atoms with Crippen molar-refractivity contribution < 1.29 is 14.6 Å². The minimum Gasteiger partial charge on any atom is -0.481 e. The van der Waals surface area contributed by atoms with Crippen molar-refractivity contribution in [2.75, 3.05) is 6.61 Å². The van der Waals surface area contributed by atoms with Gasteiger partial charge in [-0.1, -0.05) is 12.8 Å². The van der Waals surface area contributed by atoms with Crippen LogP contribution < -0.4 is 0 Å². The van der Waals surface area contributed by atoms with Gasteiger partial charge in [-0.3, -0.25) is 4.79 Å². The molecule has 1 saturated heterocycles. The third-order valence-electron chi connectivity index (χ3n) is 4.22. The quantitative estimate of drug-likeness (QED) is 0.784. The number of carboxylic acids is 1. The number of carboxylic acid groups (broad SMARTS) is 1. The number of hydrogen-bond acceptors (Lipinski definition) is 2. The molecular weight excluding hydrogens is 204 g/mol. The average molecular weight is 226 g/mol. The van der Waals surface area contributed by atoms with Crippen LogP contribution >= 0.6 is 0 Å². The topological polar surface area (TPSA) is 46.5 Å². The molecule has 1 unspecified atom stereocenters. The molecule has 3 heteroatoms. The summed E-state index contributed by atoms with van der Waals surface area (Å²) in [6.07, 6.45) is 9.61. The molecule has 1 aliphatic heterocycles. The van der Waals surface area contributed by atoms with E-state index in [1.807, 2.05) is 0 Å². The van der Waals surface area contributed by atoms with Crippen molar-refractivity contribution in [2.24, 2.45) is 5.41 Å². The van der Waals surface area contributed by atoms with Crippen LogP contribution in [-0.4, -0.2) is 23.8 Å². The highest BCUT2D eigenvalue weighted by Crippen LogP contribution is 2.42. The Balaban J connectivity index is 1.76. The highest BCUT2D eigenvalue weighted by Gasteiger charge is 2.40. The Kier molecular flexibility index (Phi) is 3.85. The minimum atomic E-state index is -0.572. The monoisotopic (exact) mass is 226 g/mol. The molecule has 2 rings (SSSR count). The summed E-state index contributed by atoms with van der Waals surface area (Å²) in [5, 5.41) is 9.32. The van der Waals surface area contributed by atoms with Crippen molar-refractivity contribution >= 4 is 5.97 Å². The summed E-state index contributed by atoms with van der Waals surface area (Å²) in [4.78, 5) is 11.3. The molecule has 16 heavy (non-hydrogen) atoms. The summed E-state index contributed by atoms with van der Waals surface area (Å²) in [7, 11) is 0. The third kappa shape index (κ3) is 2.57. The lowest BCUT2D eigenvalue weighted by Crippen LogP contribution is -2.27. The van der Waals surface area contributed by atoms with Gasteiger partial charge in [0, 0.05) is 6.61 Å². The molecule has 0 aromatic heterocycles. The van der Waals surface area contributed by atoms with Gasteiger partial charge in [0.2, 0.25) is 0 Å². The Morgan fingerprint density at radius 1 is 1.31 bits per heavy atom. The molecule has 0 radical (unpaired) electrons. The lowest BCUT2D eigenvalue weighted by molar-refractivity contribution is -0.149. The minimum absolute atomic E-state index is 0.390. The van der Waals surface area contributed by atoms with E-state index >= 15 is 0 Å². The van der Waals surface area contributed by atoms with Gasteiger partial charge in [-0.2, -0.15) is 0 Å². The highest BCUT2D eigenvalue weighted by atomic mass is 16.5. The van der Waals surface area contributed by atoms with Gasteiger partial charge in [0.05, 0.1) is 11.5 Å². The maximum atomic E-state index is 11.3. The van der Waals surface area contributed by atoms with E-state index in [1.54, 1.807) is 0 Å². The average Bonchev–Trinajstić information content (AvgIpc) is 2.88. The van der Waals surface area contributed by atoms with Crippen LogP contribution in [0.1, 0.15) is 57.8 Å². The first kappa shape index (κ1) is 11.9. The lowest BCUT2D eigenvalue weighted by atomic mass is 9.81. The normalized spacial score (nSPS) is 28.4. The van der Waals surface area contributed by atoms with Crippen molar-refractivity contribution in [1.82, 2.24) is 0 Å². The van der Waals surface area contributed by atoms with E-state index in [4.69, 9.17) is 4.74 Å². The standard InChI is InChI=1S/C13H22O3/c14-12(15)13(7-1-2-8-13)9-3-5-11-6-4-10-16-11/h11H,1-10H2,(H,14,15). The fourth-order valence-electron chi connectivity index (χ4n) is 3.16. The van der Waals surface area contributed by atoms with Gasteiger partial charge in [-0.05, 0) is 44.9 Å². The van der Waals surface area contributed by atoms with Gasteiger partial charge >= 0.3 is 5.97 Å². The molecule has 2 aliphatic rings. The van der Waals surface area contributed by atoms with E-state index in [2.05, 4.69) is 0 Å². The Morgan fingerprint density at radius 3 is 2.62 bits per heavy atom. The van der Waals surface area contributed by atoms with E-state index in [1.165, 1.54) is 12.8 Å². The number of ether oxygens (including phenoxy) is 1. The molecule has 0 aromatic carbocycles. The largest absolute Gasteiger partial charge is 0.481 e. The van der Waals surface area contributed by atoms with E-state index in [-0.39, 0.29) is 0 Å². The summed E-state index contributed by atoms with van der Waals surface area (Å²) in [5.41, 5.74) is -0.390. The Labute approximate surface area is 97.2 Å². The Morgan fingerprint density at radius 2 is 2.06 bits per heavy atom. The third-order valence-corrected chi connectivity index (χ3v) is 4.22. The fourth-order valence-corrected chi connectivity index (χ4v) is 3.16. The zero-order valence-corrected chi connectivity index (χ0v) is 9.91. The number of rotatable bonds is 5. The fraction of sp³-hybridized carbons (Fsp3) is 0.923. The van der Waals surface area contributed by atoms with E-state index < -0.39 is 11.4 Å². The SMILES string of the molecule is O=C(O)C1(CCCC2CCCO2)CCCC1. The van der Waals surface area contributed by atoms with Gasteiger partial charge in [0.15, 0.2) is 0 Å². The van der Waals surface area contributed by atoms with Crippen LogP contribution in [0.15, 0.2) is 0 Å². The highest BCUT2D eigenvalue weighted by molar-refractivity contribution is 5.74. The predicted octanol–water partition coefficient (Wildman–Crippen LogP) is 2.98. The van der Waals surface area contributed by atoms with E-state index in [0.29, 0.717) is 6.10 Å². The second kappa shape index (κ2) is 5.17. The van der Waals surface area contributed by atoms with Gasteiger partial charge in [-0.15, -0.1) is 0 Å². The van der Waals surface area contributed by atoms with Crippen LogP contribution in [0.3, 0.4) is 0 Å². The molecule has 92 valence electrons. The molecule has 1 aliphatic carbocycles. The van der Waals surface area contributed by atoms with Crippen molar-refractivity contribution in [3.05, 3.63) is 0 Å². The molecule has 1 heterocycles. The van der Waals surface area contributed by atoms with Crippen molar-refractivity contribution in [3.8, 4) is 0 Å². The zero-order chi connectivity index (χ0) is 11.4. The summed E-state index contributed by atoms with van der Waals surface area (Å²) >= 11 is 0. The van der Waals surface area contributed by atoms with Crippen molar-refractivity contribution in [2.45, 2.75) is 63.9 Å². The predicted molar refractivity (Wildman–Crippen MR) is 61.4 cm³/mol. The van der Waals surface area contributed by atoms with Crippen LogP contribution in [0, 0.1) is 5.41 Å². The van der Waals surface area contributed by atoms with Crippen molar-refractivity contribution in [3.63, 3.8) is 0 Å². The van der Waals surface area contributed by atoms with Crippen LogP contribution in [0.25, 0.3) is 0 Å². The maximum Gasteiger partial charge on any atom is 0.309 e. The zero-order valence-electron chi connectivity index (χ0n) is 9.91. The molecule has 1 saturated carbocycles. The number of aliphatic carboxylic acids is 1. The second-order valence-corrected chi connectivity index (χ2v) is 5.32. The molecule has 3 nitrogen and oxygen atoms in total. The van der Waals surface area contributed by atoms with Crippen LogP contribution in [-0.2, 0) is 9.53 Å². The van der Waals surface area contributed by atoms with Gasteiger partial charge in [0.1, 0.15) is 0 Å². The van der Waals surface area contributed by atoms with Gasteiger partial charge in [0.25, 0.3) is 0 Å². The molecular formula is C13H22O3. The summed E-state index contributed by atoms with van der Waals surface area (Å²) in [5.74, 6) is -0.572. The summed E-state index contributed by atoms with van der Waals surface area (Å²) < 4.78 is 5.56. The molecule has 0 spiro atoms. The van der Waals surface area contributed by atoms with Crippen LogP contribution in [0.2, 0.25) is 0 Å². The first-order valence-corrected chi connectivity index (χ1v) is 6.58. The van der Waals surface area contributed by atoms with E-state index in [0.717, 1.165) is 51.6 Å². The Hall–Kier alpha value is -0.570. The van der Waals surface area contributed by atoms with Gasteiger partial charge in [-0.25, -0.2) is 0 Å². The smallest absolute Gasteiger partial charge is 0.309 e. The van der Waals surface area contributed by atoms with E-state index in [9.17, 15) is 9.90 Å². The lowest BCUT2D eigenvalue weighted by Gasteiger charge is -2.24. The second-order valence-electron chi connectivity index (χ2n) is 5.32. The molecule has 0 bridgehead atoms. The summed E-state index contributed by atoms with van der Waals surface area (Å²) in [6, 6.07) is 0. The van der Waals surface area contributed by atoms with Crippen LogP contribution in [0.5, 0.6) is 0 Å². The van der Waals surface area contributed by atoms with Gasteiger partial charge < -0.3 is 9.84 Å². The molecule has 0 aromatic rings. The number of carbonyl (C=O) groups is 1. The molecule has 1 N–H and O–H groups in total. The first-order chi connectivity index (χ1) is 7.73. The maximum absolute atomic E-state index is 11.3. The molecule has 2 fully saturated rings. The molecule has 1 atom stereocenters. The molecule has 0 amide bonds.